The number of ether oxygens (including phenoxy) is 1. The van der Waals surface area contributed by atoms with E-state index in [9.17, 15) is 0 Å². The number of rotatable bonds is 0. The summed E-state index contributed by atoms with van der Waals surface area (Å²) in [5.74, 6) is 0.986. The number of fused-ring (bicyclic) bond motifs is 1. The monoisotopic (exact) mass is 301 g/mol. The van der Waals surface area contributed by atoms with Crippen molar-refractivity contribution < 1.29 is 4.74 Å². The molecule has 0 saturated carbocycles. The van der Waals surface area contributed by atoms with E-state index >= 15 is 0 Å². The zero-order valence-electron chi connectivity index (χ0n) is 8.85. The molecule has 0 radical (unpaired) electrons. The predicted octanol–water partition coefficient (Wildman–Crippen LogP) is 3.16. The number of benzene rings is 1. The third-order valence-corrected chi connectivity index (χ3v) is 4.27. The molecule has 1 unspecified atom stereocenters. The van der Waals surface area contributed by atoms with Crippen LogP contribution < -0.4 is 10.1 Å². The maximum absolute atomic E-state index is 6.20. The largest absolute Gasteiger partial charge is 0.484 e. The van der Waals surface area contributed by atoms with Gasteiger partial charge in [-0.25, -0.2) is 0 Å². The van der Waals surface area contributed by atoms with Crippen LogP contribution in [0.25, 0.3) is 0 Å². The molecule has 0 amide bonds. The summed E-state index contributed by atoms with van der Waals surface area (Å²) < 4.78 is 7.17. The van der Waals surface area contributed by atoms with Gasteiger partial charge in [0.1, 0.15) is 11.4 Å². The summed E-state index contributed by atoms with van der Waals surface area (Å²) in [4.78, 5) is 0. The summed E-state index contributed by atoms with van der Waals surface area (Å²) in [5, 5.41) is 4.15. The summed E-state index contributed by atoms with van der Waals surface area (Å²) in [6.45, 7) is 2.02. The molecule has 0 aliphatic carbocycles. The summed E-state index contributed by atoms with van der Waals surface area (Å²) in [5.41, 5.74) is 1.24. The van der Waals surface area contributed by atoms with Gasteiger partial charge < -0.3 is 10.1 Å². The topological polar surface area (TPSA) is 21.3 Å². The maximum atomic E-state index is 6.20. The molecule has 4 heteroatoms. The zero-order valence-corrected chi connectivity index (χ0v) is 11.2. The second kappa shape index (κ2) is 3.90. The lowest BCUT2D eigenvalue weighted by Gasteiger charge is -2.35. The molecule has 1 fully saturated rings. The molecule has 1 aromatic rings. The Morgan fingerprint density at radius 2 is 2.25 bits per heavy atom. The predicted molar refractivity (Wildman–Crippen MR) is 68.3 cm³/mol. The molecule has 1 spiro atoms. The van der Waals surface area contributed by atoms with E-state index in [1.807, 2.05) is 12.1 Å². The van der Waals surface area contributed by atoms with Crippen LogP contribution in [-0.4, -0.2) is 18.7 Å². The molecule has 1 saturated heterocycles. The van der Waals surface area contributed by atoms with Crippen molar-refractivity contribution in [2.45, 2.75) is 24.9 Å². The van der Waals surface area contributed by atoms with Gasteiger partial charge in [0.15, 0.2) is 0 Å². The molecule has 3 rings (SSSR count). The van der Waals surface area contributed by atoms with E-state index < -0.39 is 0 Å². The van der Waals surface area contributed by atoms with E-state index in [-0.39, 0.29) is 5.60 Å². The van der Waals surface area contributed by atoms with Crippen molar-refractivity contribution in [2.75, 3.05) is 13.1 Å². The molecule has 0 aromatic heterocycles. The molecule has 0 bridgehead atoms. The van der Waals surface area contributed by atoms with Crippen molar-refractivity contribution in [1.29, 1.82) is 0 Å². The van der Waals surface area contributed by atoms with E-state index in [0.717, 1.165) is 47.6 Å². The Labute approximate surface area is 108 Å². The van der Waals surface area contributed by atoms with Crippen molar-refractivity contribution in [2.24, 2.45) is 0 Å². The molecular formula is C12H13BrClNO. The first kappa shape index (κ1) is 10.9. The first-order valence-corrected chi connectivity index (χ1v) is 6.73. The first-order chi connectivity index (χ1) is 7.69. The normalized spacial score (nSPS) is 27.9. The zero-order chi connectivity index (χ0) is 11.2. The number of hydrogen-bond acceptors (Lipinski definition) is 2. The van der Waals surface area contributed by atoms with Crippen molar-refractivity contribution >= 4 is 27.5 Å². The lowest BCUT2D eigenvalue weighted by atomic mass is 9.90. The second-order valence-electron chi connectivity index (χ2n) is 4.59. The van der Waals surface area contributed by atoms with Crippen LogP contribution in [0.15, 0.2) is 16.6 Å². The Hall–Kier alpha value is -0.250. The van der Waals surface area contributed by atoms with Gasteiger partial charge in [-0.05, 0) is 53.0 Å². The van der Waals surface area contributed by atoms with E-state index in [1.54, 1.807) is 0 Å². The lowest BCUT2D eigenvalue weighted by Crippen LogP contribution is -2.41. The van der Waals surface area contributed by atoms with E-state index in [1.165, 1.54) is 5.56 Å². The summed E-state index contributed by atoms with van der Waals surface area (Å²) in [7, 11) is 0. The molecular weight excluding hydrogens is 289 g/mol. The Morgan fingerprint density at radius 1 is 1.38 bits per heavy atom. The van der Waals surface area contributed by atoms with Crippen LogP contribution in [-0.2, 0) is 6.42 Å². The van der Waals surface area contributed by atoms with Crippen molar-refractivity contribution in [1.82, 2.24) is 5.32 Å². The van der Waals surface area contributed by atoms with Crippen molar-refractivity contribution in [3.8, 4) is 5.75 Å². The fraction of sp³-hybridized carbons (Fsp3) is 0.500. The highest BCUT2D eigenvalue weighted by atomic mass is 79.9. The Bertz CT molecular complexity index is 429. The van der Waals surface area contributed by atoms with Crippen molar-refractivity contribution in [3.63, 3.8) is 0 Å². The fourth-order valence-electron chi connectivity index (χ4n) is 2.56. The minimum atomic E-state index is 0.0172. The maximum Gasteiger partial charge on any atom is 0.137 e. The average molecular weight is 303 g/mol. The number of nitrogens with one attached hydrogen (secondary N) is 1. The van der Waals surface area contributed by atoms with Gasteiger partial charge in [0.05, 0.1) is 4.47 Å². The lowest BCUT2D eigenvalue weighted by molar-refractivity contribution is 0.0655. The third kappa shape index (κ3) is 1.75. The molecule has 1 aromatic carbocycles. The molecule has 1 N–H and O–H groups in total. The van der Waals surface area contributed by atoms with Crippen LogP contribution in [0.2, 0.25) is 5.02 Å². The molecule has 1 atom stereocenters. The van der Waals surface area contributed by atoms with E-state index in [4.69, 9.17) is 16.3 Å². The molecule has 2 nitrogen and oxygen atoms in total. The van der Waals surface area contributed by atoms with E-state index in [2.05, 4.69) is 21.2 Å². The van der Waals surface area contributed by atoms with Crippen LogP contribution in [0.3, 0.4) is 0 Å². The van der Waals surface area contributed by atoms with E-state index in [0.29, 0.717) is 0 Å². The van der Waals surface area contributed by atoms with Gasteiger partial charge in [0.25, 0.3) is 0 Å². The van der Waals surface area contributed by atoms with Gasteiger partial charge in [-0.15, -0.1) is 0 Å². The Morgan fingerprint density at radius 3 is 3.00 bits per heavy atom. The summed E-state index contributed by atoms with van der Waals surface area (Å²) >= 11 is 9.57. The van der Waals surface area contributed by atoms with Crippen LogP contribution in [0.4, 0.5) is 0 Å². The average Bonchev–Trinajstić information content (AvgIpc) is 2.68. The van der Waals surface area contributed by atoms with Gasteiger partial charge in [-0.3, -0.25) is 0 Å². The molecule has 2 aliphatic heterocycles. The fourth-order valence-corrected chi connectivity index (χ4v) is 3.52. The van der Waals surface area contributed by atoms with Crippen LogP contribution in [0.5, 0.6) is 5.75 Å². The number of hydrogen-bond donors (Lipinski definition) is 1. The van der Waals surface area contributed by atoms with Crippen molar-refractivity contribution in [3.05, 3.63) is 27.2 Å². The highest BCUT2D eigenvalue weighted by Crippen LogP contribution is 2.42. The highest BCUT2D eigenvalue weighted by Gasteiger charge is 2.39. The summed E-state index contributed by atoms with van der Waals surface area (Å²) in [6.07, 6.45) is 3.23. The number of halogens is 2. The van der Waals surface area contributed by atoms with Crippen LogP contribution in [0, 0.1) is 0 Å². The smallest absolute Gasteiger partial charge is 0.137 e. The highest BCUT2D eigenvalue weighted by molar-refractivity contribution is 9.10. The SMILES string of the molecule is Clc1cc(Br)c2c(c1)CCC1(CCNC1)O2. The van der Waals surface area contributed by atoms with Gasteiger partial charge >= 0.3 is 0 Å². The van der Waals surface area contributed by atoms with Gasteiger partial charge in [0.2, 0.25) is 0 Å². The van der Waals surface area contributed by atoms with Gasteiger partial charge in [0, 0.05) is 18.0 Å². The third-order valence-electron chi connectivity index (χ3n) is 3.46. The molecule has 86 valence electrons. The first-order valence-electron chi connectivity index (χ1n) is 5.56. The Kier molecular flexibility index (Phi) is 2.65. The quantitative estimate of drug-likeness (QED) is 0.795. The number of aryl methyl sites for hydroxylation is 1. The minimum absolute atomic E-state index is 0.0172. The minimum Gasteiger partial charge on any atom is -0.484 e. The molecule has 2 heterocycles. The van der Waals surface area contributed by atoms with Gasteiger partial charge in [-0.2, -0.15) is 0 Å². The summed E-state index contributed by atoms with van der Waals surface area (Å²) in [6, 6.07) is 3.92. The molecule has 2 aliphatic rings. The Balaban J connectivity index is 1.99. The van der Waals surface area contributed by atoms with Gasteiger partial charge in [-0.1, -0.05) is 11.6 Å². The molecule has 16 heavy (non-hydrogen) atoms. The van der Waals surface area contributed by atoms with Crippen LogP contribution >= 0.6 is 27.5 Å². The van der Waals surface area contributed by atoms with Crippen LogP contribution in [0.1, 0.15) is 18.4 Å². The second-order valence-corrected chi connectivity index (χ2v) is 5.88. The standard InChI is InChI=1S/C12H13BrClNO/c13-10-6-9(14)5-8-1-2-12(16-11(8)10)3-4-15-7-12/h5-6,15H,1-4,7H2.